The Morgan fingerprint density at radius 3 is 2.70 bits per heavy atom. The zero-order chi connectivity index (χ0) is 30.6. The van der Waals surface area contributed by atoms with Crippen LogP contribution in [0, 0.1) is 11.8 Å². The molecule has 6 rings (SSSR count). The lowest BCUT2D eigenvalue weighted by Gasteiger charge is -2.45. The second-order valence-electron chi connectivity index (χ2n) is 13.4. The van der Waals surface area contributed by atoms with Gasteiger partial charge in [-0.3, -0.25) is 4.79 Å². The largest absolute Gasteiger partial charge is 0.490 e. The van der Waals surface area contributed by atoms with Crippen molar-refractivity contribution in [1.29, 1.82) is 0 Å². The molecule has 2 heterocycles. The minimum absolute atomic E-state index is 0.0745. The number of sulfonamides is 1. The maximum absolute atomic E-state index is 13.4. The Hall–Kier alpha value is -2.59. The second-order valence-corrected chi connectivity index (χ2v) is 15.7. The van der Waals surface area contributed by atoms with Crippen LogP contribution in [0.1, 0.15) is 73.9 Å². The number of fused-ring (bicyclic) bond motifs is 4. The molecule has 8 nitrogen and oxygen atoms in total. The fourth-order valence-electron chi connectivity index (χ4n) is 7.58. The molecule has 5 atom stereocenters. The molecule has 2 aromatic carbocycles. The van der Waals surface area contributed by atoms with Gasteiger partial charge in [-0.25, -0.2) is 13.1 Å². The Labute approximate surface area is 259 Å². The predicted molar refractivity (Wildman–Crippen MR) is 167 cm³/mol. The van der Waals surface area contributed by atoms with Crippen molar-refractivity contribution >= 4 is 33.2 Å². The highest BCUT2D eigenvalue weighted by Crippen LogP contribution is 2.46. The van der Waals surface area contributed by atoms with Gasteiger partial charge in [-0.05, 0) is 112 Å². The first-order chi connectivity index (χ1) is 20.4. The highest BCUT2D eigenvalue weighted by Gasteiger charge is 2.44. The van der Waals surface area contributed by atoms with Crippen LogP contribution in [-0.2, 0) is 21.9 Å². The average Bonchev–Trinajstić information content (AvgIpc) is 3.06. The van der Waals surface area contributed by atoms with E-state index in [1.165, 1.54) is 25.0 Å². The molecule has 43 heavy (non-hydrogen) atoms. The number of nitrogens with one attached hydrogen (secondary N) is 1. The number of allylic oxidation sites excluding steroid dienone is 1. The van der Waals surface area contributed by atoms with Crippen molar-refractivity contribution in [2.45, 2.75) is 81.2 Å². The van der Waals surface area contributed by atoms with Crippen molar-refractivity contribution in [2.75, 3.05) is 24.6 Å². The minimum atomic E-state index is -4.23. The monoisotopic (exact) mass is 628 g/mol. The lowest BCUT2D eigenvalue weighted by Crippen LogP contribution is -2.49. The molecule has 0 saturated heterocycles. The molecule has 0 radical (unpaired) electrons. The Bertz CT molecular complexity index is 1540. The number of rotatable bonds is 1. The van der Waals surface area contributed by atoms with E-state index in [4.69, 9.17) is 16.3 Å². The summed E-state index contributed by atoms with van der Waals surface area (Å²) < 4.78 is 35.5. The van der Waals surface area contributed by atoms with Crippen molar-refractivity contribution < 1.29 is 28.2 Å². The molecule has 2 aromatic rings. The van der Waals surface area contributed by atoms with Crippen LogP contribution in [0.3, 0.4) is 0 Å². The van der Waals surface area contributed by atoms with Crippen molar-refractivity contribution in [1.82, 2.24) is 4.72 Å². The van der Waals surface area contributed by atoms with E-state index in [2.05, 4.69) is 21.8 Å². The van der Waals surface area contributed by atoms with E-state index in [1.54, 1.807) is 30.4 Å². The second kappa shape index (κ2) is 11.4. The van der Waals surface area contributed by atoms with E-state index in [0.717, 1.165) is 42.8 Å². The molecule has 2 aliphatic heterocycles. The van der Waals surface area contributed by atoms with Crippen LogP contribution < -0.4 is 14.4 Å². The number of nitrogens with zero attached hydrogens (tertiary/aromatic N) is 1. The van der Waals surface area contributed by atoms with Gasteiger partial charge >= 0.3 is 0 Å². The number of carbonyl (C=O) groups is 1. The summed E-state index contributed by atoms with van der Waals surface area (Å²) in [4.78, 5) is 15.7. The number of hydrogen-bond acceptors (Lipinski definition) is 7. The number of amides is 1. The molecule has 0 unspecified atom stereocenters. The number of aliphatic hydroxyl groups is 2. The fraction of sp³-hybridized carbons (Fsp3) is 0.545. The SMILES string of the molecule is CC(C)(O)[C@H]1CC/C=C/[C@H](O)[C@@H]2CC[C@H]2CN2C[C@@]3(CCCc4cc(Cl)ccc43)COc3ccc(cc32)C(=O)NS1(=O)=O. The maximum atomic E-state index is 13.4. The standard InChI is InChI=1S/C33H41ClN2O6S/c1-32(2,39)30-8-4-3-7-28(37)25-12-9-23(25)18-36-19-33(15-5-6-21-16-24(34)11-13-26(21)33)20-42-29-14-10-22(17-27(29)36)31(38)35-43(30,40)41/h3,7,10-11,13-14,16-17,23,25,28,30,37,39H,4-6,8-9,12,15,18-20H2,1-2H3,(H,35,38)/b7-3+/t23-,25+,28-,30+,33-/m0/s1. The Kier molecular flexibility index (Phi) is 8.07. The van der Waals surface area contributed by atoms with Crippen molar-refractivity contribution in [3.8, 4) is 5.75 Å². The zero-order valence-corrected chi connectivity index (χ0v) is 26.3. The van der Waals surface area contributed by atoms with Gasteiger partial charge in [0.15, 0.2) is 0 Å². The number of anilines is 1. The maximum Gasteiger partial charge on any atom is 0.264 e. The van der Waals surface area contributed by atoms with Crippen molar-refractivity contribution in [2.24, 2.45) is 11.8 Å². The highest BCUT2D eigenvalue weighted by atomic mass is 35.5. The molecule has 10 heteroatoms. The van der Waals surface area contributed by atoms with Gasteiger partial charge in [0.1, 0.15) is 11.0 Å². The molecule has 1 spiro atoms. The zero-order valence-electron chi connectivity index (χ0n) is 24.8. The molecular weight excluding hydrogens is 588 g/mol. The van der Waals surface area contributed by atoms with Gasteiger partial charge in [0, 0.05) is 29.1 Å². The van der Waals surface area contributed by atoms with Crippen LogP contribution >= 0.6 is 11.6 Å². The Morgan fingerprint density at radius 2 is 1.95 bits per heavy atom. The lowest BCUT2D eigenvalue weighted by molar-refractivity contribution is 0.0455. The molecule has 1 fully saturated rings. The molecule has 0 aromatic heterocycles. The summed E-state index contributed by atoms with van der Waals surface area (Å²) in [6, 6.07) is 11.2. The van der Waals surface area contributed by atoms with E-state index in [1.807, 2.05) is 6.07 Å². The molecule has 1 amide bonds. The van der Waals surface area contributed by atoms with Gasteiger partial charge in [0.2, 0.25) is 10.0 Å². The summed E-state index contributed by atoms with van der Waals surface area (Å²) in [5, 5.41) is 21.4. The lowest BCUT2D eigenvalue weighted by atomic mass is 9.68. The van der Waals surface area contributed by atoms with Gasteiger partial charge in [-0.1, -0.05) is 29.8 Å². The smallest absolute Gasteiger partial charge is 0.264 e. The molecular formula is C33H41ClN2O6S. The first-order valence-electron chi connectivity index (χ1n) is 15.3. The van der Waals surface area contributed by atoms with E-state index in [0.29, 0.717) is 31.9 Å². The number of carbonyl (C=O) groups excluding carboxylic acids is 1. The number of aliphatic hydroxyl groups excluding tert-OH is 1. The third-order valence-corrected chi connectivity index (χ3v) is 12.3. The molecule has 232 valence electrons. The van der Waals surface area contributed by atoms with Crippen molar-refractivity contribution in [3.05, 3.63) is 70.3 Å². The fourth-order valence-corrected chi connectivity index (χ4v) is 9.50. The molecule has 2 aliphatic carbocycles. The number of ether oxygens (including phenoxy) is 1. The molecule has 1 saturated carbocycles. The van der Waals surface area contributed by atoms with Gasteiger partial charge in [0.05, 0.1) is 24.0 Å². The first-order valence-corrected chi connectivity index (χ1v) is 17.2. The summed E-state index contributed by atoms with van der Waals surface area (Å²) in [6.45, 7) is 4.68. The van der Waals surface area contributed by atoms with Crippen LogP contribution in [-0.4, -0.2) is 61.2 Å². The van der Waals surface area contributed by atoms with Gasteiger partial charge in [-0.15, -0.1) is 0 Å². The summed E-state index contributed by atoms with van der Waals surface area (Å²) >= 11 is 6.38. The van der Waals surface area contributed by atoms with E-state index in [9.17, 15) is 23.4 Å². The summed E-state index contributed by atoms with van der Waals surface area (Å²) in [7, 11) is -4.23. The minimum Gasteiger partial charge on any atom is -0.490 e. The third-order valence-electron chi connectivity index (χ3n) is 10.00. The van der Waals surface area contributed by atoms with Gasteiger partial charge < -0.3 is 19.8 Å². The quantitative estimate of drug-likeness (QED) is 0.390. The van der Waals surface area contributed by atoms with Crippen molar-refractivity contribution in [3.63, 3.8) is 0 Å². The van der Waals surface area contributed by atoms with E-state index < -0.39 is 32.9 Å². The molecule has 3 N–H and O–H groups in total. The van der Waals surface area contributed by atoms with E-state index in [-0.39, 0.29) is 29.2 Å². The van der Waals surface area contributed by atoms with Gasteiger partial charge in [0.25, 0.3) is 5.91 Å². The molecule has 4 aliphatic rings. The van der Waals surface area contributed by atoms with Crippen LogP contribution in [0.15, 0.2) is 48.6 Å². The predicted octanol–water partition coefficient (Wildman–Crippen LogP) is 4.75. The number of halogens is 1. The summed E-state index contributed by atoms with van der Waals surface area (Å²) in [5.74, 6) is 0.216. The summed E-state index contributed by atoms with van der Waals surface area (Å²) in [6.07, 6.45) is 8.14. The van der Waals surface area contributed by atoms with Crippen LogP contribution in [0.4, 0.5) is 5.69 Å². The highest BCUT2D eigenvalue weighted by molar-refractivity contribution is 7.90. The van der Waals surface area contributed by atoms with Crippen LogP contribution in [0.5, 0.6) is 5.75 Å². The van der Waals surface area contributed by atoms with Crippen LogP contribution in [0.2, 0.25) is 5.02 Å². The number of hydrogen-bond donors (Lipinski definition) is 3. The first kappa shape index (κ1) is 30.4. The third kappa shape index (κ3) is 5.93. The van der Waals surface area contributed by atoms with Crippen LogP contribution in [0.25, 0.3) is 0 Å². The Morgan fingerprint density at radius 1 is 1.14 bits per heavy atom. The Balaban J connectivity index is 1.42. The summed E-state index contributed by atoms with van der Waals surface area (Å²) in [5.41, 5.74) is 1.53. The topological polar surface area (TPSA) is 116 Å². The van der Waals surface area contributed by atoms with Gasteiger partial charge in [-0.2, -0.15) is 0 Å². The number of benzene rings is 2. The average molecular weight is 629 g/mol. The van der Waals surface area contributed by atoms with E-state index >= 15 is 0 Å². The molecule has 2 bridgehead atoms. The number of aryl methyl sites for hydroxylation is 1. The normalized spacial score (nSPS) is 31.5.